The monoisotopic (exact) mass is 363 g/mol. The fraction of sp³-hybridized carbons (Fsp3) is 0.400. The molecule has 0 amide bonds. The SMILES string of the molecule is CCOc1cc(CNCCOC)cc(Cl)c1OCc1ccc(C)cc1. The Morgan fingerprint density at radius 2 is 1.80 bits per heavy atom. The maximum atomic E-state index is 6.44. The summed E-state index contributed by atoms with van der Waals surface area (Å²) >= 11 is 6.44. The van der Waals surface area contributed by atoms with Crippen LogP contribution in [0.15, 0.2) is 36.4 Å². The molecule has 0 aliphatic rings. The topological polar surface area (TPSA) is 39.7 Å². The van der Waals surface area contributed by atoms with E-state index in [0.29, 0.717) is 42.9 Å². The van der Waals surface area contributed by atoms with Gasteiger partial charge in [0.2, 0.25) is 0 Å². The fourth-order valence-corrected chi connectivity index (χ4v) is 2.66. The van der Waals surface area contributed by atoms with Crippen molar-refractivity contribution in [3.05, 3.63) is 58.1 Å². The van der Waals surface area contributed by atoms with Gasteiger partial charge in [-0.3, -0.25) is 0 Å². The molecule has 0 bridgehead atoms. The first-order chi connectivity index (χ1) is 12.1. The fourth-order valence-electron chi connectivity index (χ4n) is 2.37. The molecule has 0 aromatic heterocycles. The van der Waals surface area contributed by atoms with Crippen molar-refractivity contribution >= 4 is 11.6 Å². The number of methoxy groups -OCH3 is 1. The van der Waals surface area contributed by atoms with Crippen LogP contribution in [0.25, 0.3) is 0 Å². The molecule has 1 N–H and O–H groups in total. The van der Waals surface area contributed by atoms with E-state index in [2.05, 4.69) is 36.5 Å². The van der Waals surface area contributed by atoms with Gasteiger partial charge in [0, 0.05) is 20.2 Å². The molecule has 0 aliphatic carbocycles. The summed E-state index contributed by atoms with van der Waals surface area (Å²) in [5.41, 5.74) is 3.36. The number of aryl methyl sites for hydroxylation is 1. The third kappa shape index (κ3) is 6.24. The van der Waals surface area contributed by atoms with Crippen molar-refractivity contribution in [3.63, 3.8) is 0 Å². The Morgan fingerprint density at radius 3 is 2.48 bits per heavy atom. The molecular formula is C20H26ClNO3. The van der Waals surface area contributed by atoms with Gasteiger partial charge in [-0.25, -0.2) is 0 Å². The molecule has 2 rings (SSSR count). The molecule has 25 heavy (non-hydrogen) atoms. The molecule has 0 unspecified atom stereocenters. The van der Waals surface area contributed by atoms with Crippen LogP contribution in [0.5, 0.6) is 11.5 Å². The van der Waals surface area contributed by atoms with Crippen molar-refractivity contribution in [3.8, 4) is 11.5 Å². The molecule has 2 aromatic carbocycles. The van der Waals surface area contributed by atoms with Gasteiger partial charge in [-0.1, -0.05) is 41.4 Å². The summed E-state index contributed by atoms with van der Waals surface area (Å²) in [4.78, 5) is 0. The van der Waals surface area contributed by atoms with E-state index in [-0.39, 0.29) is 0 Å². The van der Waals surface area contributed by atoms with E-state index in [9.17, 15) is 0 Å². The van der Waals surface area contributed by atoms with E-state index in [4.69, 9.17) is 25.8 Å². The van der Waals surface area contributed by atoms with Gasteiger partial charge >= 0.3 is 0 Å². The van der Waals surface area contributed by atoms with Crippen molar-refractivity contribution in [2.45, 2.75) is 27.0 Å². The number of rotatable bonds is 10. The summed E-state index contributed by atoms with van der Waals surface area (Å²) in [5.74, 6) is 1.26. The van der Waals surface area contributed by atoms with E-state index >= 15 is 0 Å². The van der Waals surface area contributed by atoms with Crippen LogP contribution >= 0.6 is 11.6 Å². The largest absolute Gasteiger partial charge is 0.490 e. The highest BCUT2D eigenvalue weighted by atomic mass is 35.5. The number of nitrogens with one attached hydrogen (secondary N) is 1. The maximum Gasteiger partial charge on any atom is 0.180 e. The second-order valence-electron chi connectivity index (χ2n) is 5.78. The Kier molecular flexibility index (Phi) is 8.06. The van der Waals surface area contributed by atoms with Gasteiger partial charge in [-0.15, -0.1) is 0 Å². The number of benzene rings is 2. The van der Waals surface area contributed by atoms with Gasteiger partial charge in [0.25, 0.3) is 0 Å². The minimum atomic E-state index is 0.450. The lowest BCUT2D eigenvalue weighted by Gasteiger charge is -2.16. The molecular weight excluding hydrogens is 338 g/mol. The van der Waals surface area contributed by atoms with Gasteiger partial charge < -0.3 is 19.5 Å². The zero-order valence-corrected chi connectivity index (χ0v) is 15.9. The molecule has 2 aromatic rings. The first-order valence-corrected chi connectivity index (χ1v) is 8.85. The van der Waals surface area contributed by atoms with Crippen molar-refractivity contribution in [1.82, 2.24) is 5.32 Å². The van der Waals surface area contributed by atoms with Crippen molar-refractivity contribution in [2.24, 2.45) is 0 Å². The molecule has 136 valence electrons. The summed E-state index contributed by atoms with van der Waals surface area (Å²) in [5, 5.41) is 3.86. The van der Waals surface area contributed by atoms with Gasteiger partial charge in [0.05, 0.1) is 18.2 Å². The van der Waals surface area contributed by atoms with Crippen LogP contribution in [0.1, 0.15) is 23.6 Å². The third-order valence-electron chi connectivity index (χ3n) is 3.69. The van der Waals surface area contributed by atoms with E-state index in [1.54, 1.807) is 7.11 Å². The van der Waals surface area contributed by atoms with Crippen molar-refractivity contribution in [1.29, 1.82) is 0 Å². The average molecular weight is 364 g/mol. The summed E-state index contributed by atoms with van der Waals surface area (Å²) in [6.07, 6.45) is 0. The smallest absolute Gasteiger partial charge is 0.180 e. The minimum absolute atomic E-state index is 0.450. The Bertz CT molecular complexity index is 659. The van der Waals surface area contributed by atoms with E-state index in [1.807, 2.05) is 19.1 Å². The Hall–Kier alpha value is -1.75. The number of hydrogen-bond acceptors (Lipinski definition) is 4. The molecule has 0 saturated heterocycles. The van der Waals surface area contributed by atoms with Crippen molar-refractivity contribution in [2.75, 3.05) is 26.9 Å². The molecule has 4 nitrogen and oxygen atoms in total. The van der Waals surface area contributed by atoms with E-state index < -0.39 is 0 Å². The molecule has 0 fully saturated rings. The third-order valence-corrected chi connectivity index (χ3v) is 3.97. The number of hydrogen-bond donors (Lipinski definition) is 1. The van der Waals surface area contributed by atoms with Crippen LogP contribution in [-0.2, 0) is 17.9 Å². The summed E-state index contributed by atoms with van der Waals surface area (Å²) in [7, 11) is 1.69. The van der Waals surface area contributed by atoms with Crippen LogP contribution in [0.3, 0.4) is 0 Å². The van der Waals surface area contributed by atoms with Gasteiger partial charge in [-0.2, -0.15) is 0 Å². The van der Waals surface area contributed by atoms with Gasteiger partial charge in [0.15, 0.2) is 11.5 Å². The minimum Gasteiger partial charge on any atom is -0.490 e. The lowest BCUT2D eigenvalue weighted by molar-refractivity contribution is 0.199. The predicted octanol–water partition coefficient (Wildman–Crippen LogP) is 4.36. The second kappa shape index (κ2) is 10.3. The lowest BCUT2D eigenvalue weighted by Crippen LogP contribution is -2.18. The molecule has 0 saturated carbocycles. The van der Waals surface area contributed by atoms with Gasteiger partial charge in [-0.05, 0) is 37.1 Å². The normalized spacial score (nSPS) is 10.7. The zero-order chi connectivity index (χ0) is 18.1. The summed E-state index contributed by atoms with van der Waals surface area (Å²) in [6.45, 7) is 7.16. The summed E-state index contributed by atoms with van der Waals surface area (Å²) in [6, 6.07) is 12.1. The Morgan fingerprint density at radius 1 is 1.04 bits per heavy atom. The average Bonchev–Trinajstić information content (AvgIpc) is 2.60. The quantitative estimate of drug-likeness (QED) is 0.636. The second-order valence-corrected chi connectivity index (χ2v) is 6.19. The molecule has 5 heteroatoms. The van der Waals surface area contributed by atoms with Crippen LogP contribution < -0.4 is 14.8 Å². The van der Waals surface area contributed by atoms with Crippen molar-refractivity contribution < 1.29 is 14.2 Å². The highest BCUT2D eigenvalue weighted by Crippen LogP contribution is 2.37. The Balaban J connectivity index is 2.08. The first-order valence-electron chi connectivity index (χ1n) is 8.47. The molecule has 0 radical (unpaired) electrons. The summed E-state index contributed by atoms with van der Waals surface area (Å²) < 4.78 is 16.7. The highest BCUT2D eigenvalue weighted by Gasteiger charge is 2.13. The van der Waals surface area contributed by atoms with E-state index in [1.165, 1.54) is 5.56 Å². The number of halogens is 1. The van der Waals surface area contributed by atoms with Gasteiger partial charge in [0.1, 0.15) is 6.61 Å². The predicted molar refractivity (Wildman–Crippen MR) is 102 cm³/mol. The lowest BCUT2D eigenvalue weighted by atomic mass is 10.1. The zero-order valence-electron chi connectivity index (χ0n) is 15.1. The van der Waals surface area contributed by atoms with Crippen LogP contribution in [0.4, 0.5) is 0 Å². The van der Waals surface area contributed by atoms with Crippen LogP contribution in [0.2, 0.25) is 5.02 Å². The Labute approximate surface area is 155 Å². The molecule has 0 spiro atoms. The molecule has 0 atom stereocenters. The van der Waals surface area contributed by atoms with E-state index in [0.717, 1.165) is 17.7 Å². The standard InChI is InChI=1S/C20H26ClNO3/c1-4-24-19-12-17(13-22-9-10-23-3)11-18(21)20(19)25-14-16-7-5-15(2)6-8-16/h5-8,11-12,22H,4,9-10,13-14H2,1-3H3. The number of ether oxygens (including phenoxy) is 3. The highest BCUT2D eigenvalue weighted by molar-refractivity contribution is 6.32. The molecule has 0 aliphatic heterocycles. The molecule has 0 heterocycles. The maximum absolute atomic E-state index is 6.44. The first kappa shape index (κ1) is 19.6. The van der Waals surface area contributed by atoms with Crippen LogP contribution in [0, 0.1) is 6.92 Å². The van der Waals surface area contributed by atoms with Crippen LogP contribution in [-0.4, -0.2) is 26.9 Å².